The van der Waals surface area contributed by atoms with Crippen LogP contribution >= 0.6 is 11.3 Å². The zero-order valence-electron chi connectivity index (χ0n) is 17.4. The minimum Gasteiger partial charge on any atom is -0.379 e. The molecule has 1 aliphatic rings. The number of nitrogens with one attached hydrogen (secondary N) is 2. The van der Waals surface area contributed by atoms with Crippen molar-refractivity contribution in [1.29, 1.82) is 0 Å². The van der Waals surface area contributed by atoms with E-state index in [9.17, 15) is 18.0 Å². The van der Waals surface area contributed by atoms with Gasteiger partial charge in [-0.15, -0.1) is 11.3 Å². The van der Waals surface area contributed by atoms with E-state index in [1.807, 2.05) is 13.8 Å². The summed E-state index contributed by atoms with van der Waals surface area (Å²) >= 11 is 1.40. The first-order valence-corrected chi connectivity index (χ1v) is 12.1. The van der Waals surface area contributed by atoms with Gasteiger partial charge in [0.1, 0.15) is 0 Å². The molecule has 3 rings (SSSR count). The molecule has 2 aromatic rings. The predicted molar refractivity (Wildman–Crippen MR) is 119 cm³/mol. The summed E-state index contributed by atoms with van der Waals surface area (Å²) in [6, 6.07) is 8.06. The summed E-state index contributed by atoms with van der Waals surface area (Å²) in [6.07, 6.45) is 3.66. The van der Waals surface area contributed by atoms with Crippen LogP contribution in [0, 0.1) is 6.92 Å². The number of amides is 2. The minimum atomic E-state index is -3.55. The molecule has 1 aromatic heterocycles. The third-order valence-corrected chi connectivity index (χ3v) is 8.07. The molecule has 0 bridgehead atoms. The lowest BCUT2D eigenvalue weighted by atomic mass is 10.2. The maximum Gasteiger partial charge on any atom is 0.279 e. The number of carbonyl (C=O) groups excluding carboxylic acids is 2. The number of nitrogens with zero attached hydrogens (tertiary/aromatic N) is 1. The zero-order chi connectivity index (χ0) is 22.4. The van der Waals surface area contributed by atoms with Gasteiger partial charge in [0.05, 0.1) is 23.0 Å². The Morgan fingerprint density at radius 3 is 2.45 bits per heavy atom. The maximum atomic E-state index is 12.6. The molecule has 8 nitrogen and oxygen atoms in total. The quantitative estimate of drug-likeness (QED) is 0.504. The lowest BCUT2D eigenvalue weighted by Crippen LogP contribution is -2.40. The average molecular weight is 464 g/mol. The fourth-order valence-electron chi connectivity index (χ4n) is 3.06. The summed E-state index contributed by atoms with van der Waals surface area (Å²) in [7, 11) is -3.55. The van der Waals surface area contributed by atoms with Crippen molar-refractivity contribution in [1.82, 2.24) is 15.2 Å². The van der Waals surface area contributed by atoms with Crippen molar-refractivity contribution in [3.63, 3.8) is 0 Å². The van der Waals surface area contributed by atoms with Crippen molar-refractivity contribution < 1.29 is 22.7 Å². The molecule has 10 heteroatoms. The first-order valence-electron chi connectivity index (χ1n) is 9.87. The second-order valence-electron chi connectivity index (χ2n) is 6.93. The molecule has 0 atom stereocenters. The largest absolute Gasteiger partial charge is 0.379 e. The highest BCUT2D eigenvalue weighted by Gasteiger charge is 2.25. The second kappa shape index (κ2) is 10.2. The third-order valence-electron chi connectivity index (χ3n) is 4.78. The summed E-state index contributed by atoms with van der Waals surface area (Å²) < 4.78 is 31.8. The summed E-state index contributed by atoms with van der Waals surface area (Å²) in [5.74, 6) is -0.866. The van der Waals surface area contributed by atoms with Crippen molar-refractivity contribution in [2.75, 3.05) is 26.3 Å². The lowest BCUT2D eigenvalue weighted by Gasteiger charge is -2.26. The third kappa shape index (κ3) is 5.79. The first kappa shape index (κ1) is 23.1. The molecule has 0 spiro atoms. The SMILES string of the molecule is CCc1sc(C(=O)NNC(=O)/C=C/c2ccc(S(=O)(=O)N3CCOCC3)cc2)cc1C. The fourth-order valence-corrected chi connectivity index (χ4v) is 5.48. The molecule has 1 fully saturated rings. The molecule has 2 amide bonds. The number of carbonyl (C=O) groups is 2. The van der Waals surface area contributed by atoms with Gasteiger partial charge in [-0.25, -0.2) is 8.42 Å². The van der Waals surface area contributed by atoms with E-state index in [4.69, 9.17) is 4.74 Å². The van der Waals surface area contributed by atoms with Crippen LogP contribution in [0.2, 0.25) is 0 Å². The van der Waals surface area contributed by atoms with Crippen LogP contribution in [0.5, 0.6) is 0 Å². The van der Waals surface area contributed by atoms with Crippen LogP contribution in [0.1, 0.15) is 32.6 Å². The molecule has 0 unspecified atom stereocenters. The number of thiophene rings is 1. The Hall–Kier alpha value is -2.53. The summed E-state index contributed by atoms with van der Waals surface area (Å²) in [5.41, 5.74) is 6.45. The van der Waals surface area contributed by atoms with Gasteiger partial charge in [0, 0.05) is 24.0 Å². The standard InChI is InChI=1S/C21H25N3O5S2/c1-3-18-15(2)14-19(30-18)21(26)23-22-20(25)9-6-16-4-7-17(8-5-16)31(27,28)24-10-12-29-13-11-24/h4-9,14H,3,10-13H2,1-2H3,(H,22,25)(H,23,26)/b9-6+. The number of ether oxygens (including phenoxy) is 1. The van der Waals surface area contributed by atoms with E-state index in [2.05, 4.69) is 10.9 Å². The van der Waals surface area contributed by atoms with Gasteiger partial charge in [0.15, 0.2) is 0 Å². The Kier molecular flexibility index (Phi) is 7.60. The second-order valence-corrected chi connectivity index (χ2v) is 10.0. The monoisotopic (exact) mass is 463 g/mol. The highest BCUT2D eigenvalue weighted by Crippen LogP contribution is 2.22. The van der Waals surface area contributed by atoms with Crippen molar-refractivity contribution in [2.45, 2.75) is 25.2 Å². The van der Waals surface area contributed by atoms with E-state index in [1.165, 1.54) is 39.9 Å². The molecule has 0 aliphatic carbocycles. The van der Waals surface area contributed by atoms with Crippen molar-refractivity contribution in [2.24, 2.45) is 0 Å². The molecular formula is C21H25N3O5S2. The summed E-state index contributed by atoms with van der Waals surface area (Å²) in [5, 5.41) is 0. The number of aryl methyl sites for hydroxylation is 2. The predicted octanol–water partition coefficient (Wildman–Crippen LogP) is 2.11. The van der Waals surface area contributed by atoms with Gasteiger partial charge in [-0.3, -0.25) is 20.4 Å². The minimum absolute atomic E-state index is 0.195. The molecule has 1 aliphatic heterocycles. The molecule has 166 valence electrons. The molecule has 1 saturated heterocycles. The van der Waals surface area contributed by atoms with Gasteiger partial charge in [-0.1, -0.05) is 19.1 Å². The van der Waals surface area contributed by atoms with E-state index in [-0.39, 0.29) is 10.8 Å². The van der Waals surface area contributed by atoms with E-state index in [0.717, 1.165) is 16.9 Å². The Morgan fingerprint density at radius 1 is 1.16 bits per heavy atom. The Bertz CT molecular complexity index is 1070. The van der Waals surface area contributed by atoms with E-state index in [1.54, 1.807) is 18.2 Å². The molecule has 1 aromatic carbocycles. The zero-order valence-corrected chi connectivity index (χ0v) is 19.0. The molecular weight excluding hydrogens is 438 g/mol. The Morgan fingerprint density at radius 2 is 1.84 bits per heavy atom. The highest BCUT2D eigenvalue weighted by molar-refractivity contribution is 7.89. The number of hydrogen-bond acceptors (Lipinski definition) is 6. The van der Waals surface area contributed by atoms with E-state index >= 15 is 0 Å². The maximum absolute atomic E-state index is 12.6. The fraction of sp³-hybridized carbons (Fsp3) is 0.333. The van der Waals surface area contributed by atoms with Crippen molar-refractivity contribution in [3.8, 4) is 0 Å². The molecule has 2 heterocycles. The van der Waals surface area contributed by atoms with Gasteiger partial charge in [-0.05, 0) is 48.7 Å². The summed E-state index contributed by atoms with van der Waals surface area (Å²) in [4.78, 5) is 26.0. The topological polar surface area (TPSA) is 105 Å². The first-order chi connectivity index (χ1) is 14.8. The average Bonchev–Trinajstić information content (AvgIpc) is 3.17. The van der Waals surface area contributed by atoms with Gasteiger partial charge in [0.25, 0.3) is 11.8 Å². The number of sulfonamides is 1. The van der Waals surface area contributed by atoms with Gasteiger partial charge < -0.3 is 4.74 Å². The van der Waals surface area contributed by atoms with Gasteiger partial charge in [-0.2, -0.15) is 4.31 Å². The summed E-state index contributed by atoms with van der Waals surface area (Å²) in [6.45, 7) is 5.42. The van der Waals surface area contributed by atoms with Crippen molar-refractivity contribution in [3.05, 3.63) is 57.3 Å². The molecule has 2 N–H and O–H groups in total. The normalized spacial score (nSPS) is 15.2. The molecule has 31 heavy (non-hydrogen) atoms. The van der Waals surface area contributed by atoms with Crippen LogP contribution in [-0.2, 0) is 26.0 Å². The van der Waals surface area contributed by atoms with Crippen LogP contribution in [0.25, 0.3) is 6.08 Å². The number of hydrazine groups is 1. The van der Waals surface area contributed by atoms with Crippen LogP contribution in [0.4, 0.5) is 0 Å². The Labute approximate surface area is 185 Å². The molecule has 0 radical (unpaired) electrons. The lowest BCUT2D eigenvalue weighted by molar-refractivity contribution is -0.117. The number of hydrogen-bond donors (Lipinski definition) is 2. The van der Waals surface area contributed by atoms with Crippen LogP contribution in [0.15, 0.2) is 41.3 Å². The Balaban J connectivity index is 1.55. The number of rotatable bonds is 6. The van der Waals surface area contributed by atoms with Gasteiger partial charge in [0.2, 0.25) is 10.0 Å². The van der Waals surface area contributed by atoms with Crippen LogP contribution in [0.3, 0.4) is 0 Å². The van der Waals surface area contributed by atoms with E-state index < -0.39 is 15.9 Å². The van der Waals surface area contributed by atoms with Gasteiger partial charge >= 0.3 is 0 Å². The van der Waals surface area contributed by atoms with E-state index in [0.29, 0.717) is 36.7 Å². The van der Waals surface area contributed by atoms with Crippen LogP contribution < -0.4 is 10.9 Å². The highest BCUT2D eigenvalue weighted by atomic mass is 32.2. The van der Waals surface area contributed by atoms with Crippen LogP contribution in [-0.4, -0.2) is 50.8 Å². The number of morpholine rings is 1. The molecule has 0 saturated carbocycles. The van der Waals surface area contributed by atoms with Crippen molar-refractivity contribution >= 4 is 39.3 Å². The smallest absolute Gasteiger partial charge is 0.279 e. The number of benzene rings is 1.